The van der Waals surface area contributed by atoms with E-state index in [4.69, 9.17) is 4.52 Å². The molecule has 0 unspecified atom stereocenters. The van der Waals surface area contributed by atoms with Crippen LogP contribution in [0.25, 0.3) is 11.1 Å². The Hall–Kier alpha value is -2.69. The van der Waals surface area contributed by atoms with Crippen LogP contribution in [-0.4, -0.2) is 16.0 Å². The zero-order valence-electron chi connectivity index (χ0n) is 12.8. The summed E-state index contributed by atoms with van der Waals surface area (Å²) < 4.78 is 5.21. The van der Waals surface area contributed by atoms with Crippen molar-refractivity contribution in [1.29, 1.82) is 0 Å². The highest BCUT2D eigenvalue weighted by Crippen LogP contribution is 2.23. The van der Waals surface area contributed by atoms with Crippen molar-refractivity contribution in [2.75, 3.05) is 5.32 Å². The van der Waals surface area contributed by atoms with Gasteiger partial charge in [0.2, 0.25) is 0 Å². The predicted octanol–water partition coefficient (Wildman–Crippen LogP) is 3.65. The second-order valence-corrected chi connectivity index (χ2v) is 5.28. The Balaban J connectivity index is 2.02. The number of hydrogen-bond acceptors (Lipinski definition) is 4. The van der Waals surface area contributed by atoms with Crippen molar-refractivity contribution in [2.24, 2.45) is 0 Å². The third-order valence-electron chi connectivity index (χ3n) is 3.59. The molecule has 1 amide bonds. The zero-order valence-corrected chi connectivity index (χ0v) is 12.8. The summed E-state index contributed by atoms with van der Waals surface area (Å²) in [7, 11) is 0. The summed E-state index contributed by atoms with van der Waals surface area (Å²) in [5.41, 5.74) is 4.32. The van der Waals surface area contributed by atoms with E-state index in [0.717, 1.165) is 23.4 Å². The number of anilines is 1. The molecule has 22 heavy (non-hydrogen) atoms. The molecule has 2 aromatic heterocycles. The second-order valence-electron chi connectivity index (χ2n) is 5.28. The third kappa shape index (κ3) is 2.57. The fourth-order valence-electron chi connectivity index (χ4n) is 2.34. The average molecular weight is 295 g/mol. The molecular formula is C17H17N3O2. The minimum absolute atomic E-state index is 0.183. The molecule has 1 N–H and O–H groups in total. The van der Waals surface area contributed by atoms with Crippen LogP contribution in [-0.2, 0) is 6.42 Å². The number of nitrogens with one attached hydrogen (secondary N) is 1. The van der Waals surface area contributed by atoms with E-state index in [0.29, 0.717) is 22.4 Å². The van der Waals surface area contributed by atoms with Crippen LogP contribution in [0.2, 0.25) is 0 Å². The largest absolute Gasteiger partial charge is 0.336 e. The molecule has 0 radical (unpaired) electrons. The molecule has 3 aromatic rings. The molecule has 0 aliphatic heterocycles. The molecule has 112 valence electrons. The lowest BCUT2D eigenvalue weighted by Gasteiger charge is -2.08. The van der Waals surface area contributed by atoms with Gasteiger partial charge in [0, 0.05) is 11.4 Å². The van der Waals surface area contributed by atoms with Gasteiger partial charge in [-0.05, 0) is 38.5 Å². The number of pyridine rings is 1. The van der Waals surface area contributed by atoms with Gasteiger partial charge in [-0.15, -0.1) is 0 Å². The maximum Gasteiger partial charge on any atom is 0.258 e. The maximum atomic E-state index is 12.6. The Labute approximate surface area is 128 Å². The second kappa shape index (κ2) is 5.60. The van der Waals surface area contributed by atoms with Crippen molar-refractivity contribution in [1.82, 2.24) is 10.1 Å². The number of benzene rings is 1. The highest BCUT2D eigenvalue weighted by Gasteiger charge is 2.18. The highest BCUT2D eigenvalue weighted by atomic mass is 16.5. The topological polar surface area (TPSA) is 68.0 Å². The van der Waals surface area contributed by atoms with Crippen LogP contribution in [0.5, 0.6) is 0 Å². The summed E-state index contributed by atoms with van der Waals surface area (Å²) in [6.07, 6.45) is 0.723. The quantitative estimate of drug-likeness (QED) is 0.800. The van der Waals surface area contributed by atoms with Crippen LogP contribution in [0, 0.1) is 13.8 Å². The number of carbonyl (C=O) groups is 1. The van der Waals surface area contributed by atoms with E-state index in [-0.39, 0.29) is 5.91 Å². The summed E-state index contributed by atoms with van der Waals surface area (Å²) in [6.45, 7) is 5.80. The Morgan fingerprint density at radius 2 is 1.95 bits per heavy atom. The molecule has 0 fully saturated rings. The molecule has 0 bridgehead atoms. The summed E-state index contributed by atoms with van der Waals surface area (Å²) in [5.74, 6) is -0.183. The summed E-state index contributed by atoms with van der Waals surface area (Å²) >= 11 is 0. The van der Waals surface area contributed by atoms with Gasteiger partial charge in [0.05, 0.1) is 16.6 Å². The molecule has 0 atom stereocenters. The number of hydrogen-bond donors (Lipinski definition) is 1. The van der Waals surface area contributed by atoms with Crippen molar-refractivity contribution in [3.05, 3.63) is 52.8 Å². The first-order valence-corrected chi connectivity index (χ1v) is 7.22. The Bertz CT molecular complexity index is 835. The standard InChI is InChI=1S/C17H17N3O2/c1-4-12-9-14(15-11(3)20-22-17(15)19-12)16(21)18-13-7-5-10(2)6-8-13/h5-9H,4H2,1-3H3,(H,18,21). The number of nitrogens with zero attached hydrogens (tertiary/aromatic N) is 2. The molecule has 0 aliphatic carbocycles. The Morgan fingerprint density at radius 1 is 1.23 bits per heavy atom. The number of fused-ring (bicyclic) bond motifs is 1. The molecule has 5 heteroatoms. The van der Waals surface area contributed by atoms with Gasteiger partial charge >= 0.3 is 0 Å². The van der Waals surface area contributed by atoms with Gasteiger partial charge in [-0.25, -0.2) is 4.98 Å². The number of aromatic nitrogens is 2. The number of amides is 1. The Kier molecular flexibility index (Phi) is 3.63. The first-order chi connectivity index (χ1) is 10.6. The predicted molar refractivity (Wildman–Crippen MR) is 85.1 cm³/mol. The molecule has 5 nitrogen and oxygen atoms in total. The lowest BCUT2D eigenvalue weighted by atomic mass is 10.1. The van der Waals surface area contributed by atoms with Gasteiger partial charge in [0.25, 0.3) is 11.6 Å². The van der Waals surface area contributed by atoms with E-state index in [1.165, 1.54) is 0 Å². The summed E-state index contributed by atoms with van der Waals surface area (Å²) in [6, 6.07) is 9.48. The van der Waals surface area contributed by atoms with Gasteiger partial charge < -0.3 is 9.84 Å². The number of rotatable bonds is 3. The molecular weight excluding hydrogens is 278 g/mol. The van der Waals surface area contributed by atoms with Gasteiger partial charge in [0.15, 0.2) is 0 Å². The lowest BCUT2D eigenvalue weighted by Crippen LogP contribution is -2.13. The average Bonchev–Trinajstić information content (AvgIpc) is 2.90. The first-order valence-electron chi connectivity index (χ1n) is 7.22. The first kappa shape index (κ1) is 14.3. The van der Waals surface area contributed by atoms with Gasteiger partial charge in [-0.3, -0.25) is 4.79 Å². The fourth-order valence-corrected chi connectivity index (χ4v) is 2.34. The van der Waals surface area contributed by atoms with E-state index < -0.39 is 0 Å². The van der Waals surface area contributed by atoms with Crippen LogP contribution < -0.4 is 5.32 Å². The maximum absolute atomic E-state index is 12.6. The Morgan fingerprint density at radius 3 is 2.64 bits per heavy atom. The van der Waals surface area contributed by atoms with Crippen LogP contribution in [0.3, 0.4) is 0 Å². The van der Waals surface area contributed by atoms with E-state index in [2.05, 4.69) is 15.5 Å². The third-order valence-corrected chi connectivity index (χ3v) is 3.59. The van der Waals surface area contributed by atoms with Gasteiger partial charge in [-0.1, -0.05) is 29.8 Å². The lowest BCUT2D eigenvalue weighted by molar-refractivity contribution is 0.102. The van der Waals surface area contributed by atoms with Crippen molar-refractivity contribution in [3.8, 4) is 0 Å². The number of aryl methyl sites for hydroxylation is 3. The highest BCUT2D eigenvalue weighted by molar-refractivity contribution is 6.12. The molecule has 0 spiro atoms. The minimum Gasteiger partial charge on any atom is -0.336 e. The smallest absolute Gasteiger partial charge is 0.258 e. The molecule has 2 heterocycles. The normalized spacial score (nSPS) is 10.9. The van der Waals surface area contributed by atoms with Crippen LogP contribution >= 0.6 is 0 Å². The van der Waals surface area contributed by atoms with Crippen LogP contribution in [0.15, 0.2) is 34.9 Å². The molecule has 0 aliphatic rings. The van der Waals surface area contributed by atoms with Crippen molar-refractivity contribution >= 4 is 22.7 Å². The monoisotopic (exact) mass is 295 g/mol. The van der Waals surface area contributed by atoms with E-state index in [1.807, 2.05) is 45.0 Å². The van der Waals surface area contributed by atoms with Crippen molar-refractivity contribution < 1.29 is 9.32 Å². The van der Waals surface area contributed by atoms with Gasteiger partial charge in [-0.2, -0.15) is 0 Å². The summed E-state index contributed by atoms with van der Waals surface area (Å²) in [4.78, 5) is 17.0. The van der Waals surface area contributed by atoms with E-state index >= 15 is 0 Å². The SMILES string of the molecule is CCc1cc(C(=O)Nc2ccc(C)cc2)c2c(C)noc2n1. The van der Waals surface area contributed by atoms with Crippen molar-refractivity contribution in [2.45, 2.75) is 27.2 Å². The zero-order chi connectivity index (χ0) is 15.7. The van der Waals surface area contributed by atoms with E-state index in [9.17, 15) is 4.79 Å². The molecule has 0 saturated carbocycles. The molecule has 3 rings (SSSR count). The fraction of sp³-hybridized carbons (Fsp3) is 0.235. The minimum atomic E-state index is -0.183. The number of carbonyl (C=O) groups excluding carboxylic acids is 1. The van der Waals surface area contributed by atoms with Crippen LogP contribution in [0.1, 0.15) is 34.2 Å². The molecule has 0 saturated heterocycles. The van der Waals surface area contributed by atoms with Gasteiger partial charge in [0.1, 0.15) is 0 Å². The van der Waals surface area contributed by atoms with Crippen molar-refractivity contribution in [3.63, 3.8) is 0 Å². The van der Waals surface area contributed by atoms with Crippen LogP contribution in [0.4, 0.5) is 5.69 Å². The summed E-state index contributed by atoms with van der Waals surface area (Å²) in [5, 5.41) is 7.49. The molecule has 1 aromatic carbocycles. The van der Waals surface area contributed by atoms with E-state index in [1.54, 1.807) is 6.07 Å².